The molecule has 8 aliphatic carbocycles. The van der Waals surface area contributed by atoms with Crippen LogP contribution in [0.2, 0.25) is 0 Å². The van der Waals surface area contributed by atoms with E-state index in [-0.39, 0.29) is 50.4 Å². The van der Waals surface area contributed by atoms with Gasteiger partial charge in [-0.2, -0.15) is 0 Å². The number of aliphatic hydroxyl groups is 12. The molecule has 28 atom stereocenters. The van der Waals surface area contributed by atoms with Crippen LogP contribution in [0.3, 0.4) is 0 Å². The Morgan fingerprint density at radius 1 is 0.544 bits per heavy atom. The summed E-state index contributed by atoms with van der Waals surface area (Å²) in [6.07, 6.45) is 2.47. The van der Waals surface area contributed by atoms with Gasteiger partial charge < -0.3 is 89.7 Å². The molecule has 502 valence electrons. The Morgan fingerprint density at radius 2 is 0.967 bits per heavy atom. The second-order valence-electron chi connectivity index (χ2n) is 32.4. The second-order valence-corrected chi connectivity index (χ2v) is 32.4. The van der Waals surface area contributed by atoms with Gasteiger partial charge in [0.05, 0.1) is 43.2 Å². The maximum Gasteiger partial charge on any atom is 0.338 e. The number of allylic oxidation sites excluding steroid dienone is 1. The largest absolute Gasteiger partial charge is 0.493 e. The summed E-state index contributed by atoms with van der Waals surface area (Å²) in [5.41, 5.74) is -18.4. The van der Waals surface area contributed by atoms with E-state index < -0.39 is 156 Å². The predicted molar refractivity (Wildman–Crippen MR) is 319 cm³/mol. The number of nitrogens with zero attached hydrogens (tertiary/aromatic N) is 2. The number of hydrogen-bond donors (Lipinski definition) is 12. The van der Waals surface area contributed by atoms with E-state index in [1.807, 2.05) is 13.8 Å². The van der Waals surface area contributed by atoms with Crippen molar-refractivity contribution in [2.24, 2.45) is 58.2 Å². The van der Waals surface area contributed by atoms with Crippen LogP contribution in [0.25, 0.3) is 0 Å². The molecule has 1 aromatic carbocycles. The van der Waals surface area contributed by atoms with E-state index in [9.17, 15) is 70.9 Å². The van der Waals surface area contributed by atoms with Gasteiger partial charge >= 0.3 is 11.9 Å². The highest BCUT2D eigenvalue weighted by Gasteiger charge is 2.91. The van der Waals surface area contributed by atoms with E-state index in [0.717, 1.165) is 12.8 Å². The lowest BCUT2D eigenvalue weighted by Gasteiger charge is -2.68. The topological polar surface area (TPSA) is 339 Å². The van der Waals surface area contributed by atoms with Gasteiger partial charge in [-0.3, -0.25) is 9.80 Å². The summed E-state index contributed by atoms with van der Waals surface area (Å²) < 4.78 is 36.1. The number of carbonyl (C=O) groups excluding carboxylic acids is 2. The van der Waals surface area contributed by atoms with E-state index in [4.69, 9.17) is 28.4 Å². The Hall–Kier alpha value is -3.14. The minimum Gasteiger partial charge on any atom is -0.493 e. The summed E-state index contributed by atoms with van der Waals surface area (Å²) in [5.74, 6) is -7.68. The Balaban J connectivity index is 0.000000159. The van der Waals surface area contributed by atoms with Crippen molar-refractivity contribution in [1.29, 1.82) is 0 Å². The Labute approximate surface area is 526 Å². The third kappa shape index (κ3) is 7.41. The average molecular weight is 1270 g/mol. The van der Waals surface area contributed by atoms with Gasteiger partial charge in [0.15, 0.2) is 23.7 Å². The molecule has 6 aliphatic heterocycles. The molecule has 8 bridgehead atoms. The van der Waals surface area contributed by atoms with Gasteiger partial charge in [0.2, 0.25) is 11.6 Å². The zero-order valence-corrected chi connectivity index (χ0v) is 54.1. The maximum atomic E-state index is 13.5. The third-order valence-electron chi connectivity index (χ3n) is 29.0. The number of fused-ring (bicyclic) bond motifs is 10. The molecule has 15 rings (SSSR count). The van der Waals surface area contributed by atoms with Crippen LogP contribution in [-0.4, -0.2) is 227 Å². The molecule has 14 aliphatic rings. The molecule has 0 aromatic heterocycles. The van der Waals surface area contributed by atoms with E-state index in [2.05, 4.69) is 23.6 Å². The number of piperidine rings is 4. The smallest absolute Gasteiger partial charge is 0.338 e. The number of hydrogen-bond acceptors (Lipinski definition) is 22. The zero-order chi connectivity index (χ0) is 64.9. The first-order valence-corrected chi connectivity index (χ1v) is 33.7. The van der Waals surface area contributed by atoms with Crippen molar-refractivity contribution >= 4 is 11.9 Å². The van der Waals surface area contributed by atoms with E-state index in [1.54, 1.807) is 45.9 Å². The van der Waals surface area contributed by atoms with Gasteiger partial charge in [-0.25, -0.2) is 9.59 Å². The van der Waals surface area contributed by atoms with Crippen LogP contribution in [0.4, 0.5) is 0 Å². The van der Waals surface area contributed by atoms with Crippen molar-refractivity contribution in [3.05, 3.63) is 35.4 Å². The normalized spacial score (nSPS) is 56.7. The number of ether oxygens (including phenoxy) is 6. The summed E-state index contributed by atoms with van der Waals surface area (Å²) in [7, 11) is 2.97. The van der Waals surface area contributed by atoms with Crippen molar-refractivity contribution in [3.8, 4) is 11.5 Å². The van der Waals surface area contributed by atoms with Crippen LogP contribution < -0.4 is 9.47 Å². The van der Waals surface area contributed by atoms with Crippen LogP contribution in [0.1, 0.15) is 168 Å². The van der Waals surface area contributed by atoms with E-state index in [1.165, 1.54) is 20.3 Å². The molecule has 2 unspecified atom stereocenters. The lowest BCUT2D eigenvalue weighted by Crippen LogP contribution is -2.85. The van der Waals surface area contributed by atoms with Gasteiger partial charge in [-0.05, 0) is 135 Å². The van der Waals surface area contributed by atoms with Gasteiger partial charge in [0, 0.05) is 116 Å². The molecular formula is C68H100N2O20. The van der Waals surface area contributed by atoms with E-state index >= 15 is 0 Å². The fourth-order valence-electron chi connectivity index (χ4n) is 24.4. The summed E-state index contributed by atoms with van der Waals surface area (Å²) >= 11 is 0. The highest BCUT2D eigenvalue weighted by Crippen LogP contribution is 2.80. The first-order chi connectivity index (χ1) is 41.9. The first-order valence-electron chi connectivity index (χ1n) is 33.7. The minimum atomic E-state index is -2.10. The van der Waals surface area contributed by atoms with Crippen LogP contribution in [0.15, 0.2) is 29.8 Å². The summed E-state index contributed by atoms with van der Waals surface area (Å²) in [5, 5.41) is 149. The molecule has 6 heterocycles. The number of carbonyl (C=O) groups is 2. The summed E-state index contributed by atoms with van der Waals surface area (Å²) in [6, 6.07) is 3.90. The van der Waals surface area contributed by atoms with Crippen molar-refractivity contribution < 1.29 is 99.3 Å². The SMILES string of the molecule is C/C=C(/C)C(=O)O[C@H]1CC[C@@]2(C)[C@@H]3CC[C@@H]4C2(C[C@@]2(O)[C@@H]5CN6C[C@@H](C)CC[C@H]6[C@@](C)(O)[C@@]5(O)[C@@H](O)C[C@@]42O)O[C@]13O.COc1ccc(C(=O)O[C@H]2CC[C@@]3(C)[C@@H]4CC[C@H]5[C@]6(O)C[C@H](O)[C@@]7(O)[C@@H](CN8C[C@@H](C)CC[C@H]8[C@@]7(C)O)[C@]6(O)C[C@@]53OC24O)cc1OC. The highest BCUT2D eigenvalue weighted by molar-refractivity contribution is 5.90. The zero-order valence-electron chi connectivity index (χ0n) is 54.1. The Kier molecular flexibility index (Phi) is 14.1. The number of aliphatic hydroxyl groups excluding tert-OH is 2. The summed E-state index contributed by atoms with van der Waals surface area (Å²) in [4.78, 5) is 30.5. The van der Waals surface area contributed by atoms with Crippen LogP contribution in [-0.2, 0) is 23.7 Å². The molecule has 12 N–H and O–H groups in total. The molecule has 14 fully saturated rings. The second kappa shape index (κ2) is 19.8. The maximum absolute atomic E-state index is 13.5. The number of esters is 2. The molecular weight excluding hydrogens is 1160 g/mol. The fourth-order valence-corrected chi connectivity index (χ4v) is 24.4. The minimum absolute atomic E-state index is 0.0606. The van der Waals surface area contributed by atoms with Crippen LogP contribution >= 0.6 is 0 Å². The van der Waals surface area contributed by atoms with Gasteiger partial charge in [0.25, 0.3) is 0 Å². The van der Waals surface area contributed by atoms with Crippen molar-refractivity contribution in [3.63, 3.8) is 0 Å². The van der Waals surface area contributed by atoms with Crippen molar-refractivity contribution in [1.82, 2.24) is 9.80 Å². The summed E-state index contributed by atoms with van der Waals surface area (Å²) in [6.45, 7) is 16.6. The molecule has 90 heavy (non-hydrogen) atoms. The molecule has 2 spiro atoms. The fraction of sp³-hybridized carbons (Fsp3) is 0.853. The Bertz CT molecular complexity index is 3150. The third-order valence-corrected chi connectivity index (χ3v) is 29.0. The number of methoxy groups -OCH3 is 2. The monoisotopic (exact) mass is 1260 g/mol. The molecule has 1 aromatic rings. The molecule has 8 saturated carbocycles. The van der Waals surface area contributed by atoms with Gasteiger partial charge in [0.1, 0.15) is 44.8 Å². The highest BCUT2D eigenvalue weighted by atomic mass is 16.7. The number of benzene rings is 1. The predicted octanol–water partition coefficient (Wildman–Crippen LogP) is 2.35. The number of rotatable bonds is 6. The van der Waals surface area contributed by atoms with Crippen LogP contribution in [0.5, 0.6) is 11.5 Å². The lowest BCUT2D eigenvalue weighted by atomic mass is 9.49. The van der Waals surface area contributed by atoms with Crippen molar-refractivity contribution in [2.45, 2.75) is 262 Å². The van der Waals surface area contributed by atoms with Gasteiger partial charge in [-0.1, -0.05) is 33.8 Å². The average Bonchev–Trinajstić information content (AvgIpc) is 1.43. The van der Waals surface area contributed by atoms with Gasteiger partial charge in [-0.15, -0.1) is 0 Å². The first kappa shape index (κ1) is 64.2. The quantitative estimate of drug-likeness (QED) is 0.144. The van der Waals surface area contributed by atoms with E-state index in [0.29, 0.717) is 106 Å². The molecule has 22 heteroatoms. The molecule has 6 saturated heterocycles. The molecule has 0 radical (unpaired) electrons. The molecule has 22 nitrogen and oxygen atoms in total. The Morgan fingerprint density at radius 3 is 1.39 bits per heavy atom. The standard InChI is InChI=1S/C36H51NO11.C32H49NO9/c1-19-6-11-26-31(3,40)35(43)25(17-37(26)16-19)33(42)18-34-24(32(33,41)15-27(35)38)10-9-23-30(34,2)13-12-28(36(23,44)48-34)47-29(39)20-7-8-21(45-4)22(14-20)46-5;1-6-18(3)25(35)41-24-11-12-26(4)19-8-9-20-28(37)13-23(34)31(39)21(29(28,38)16-30(20,26)42-32(19,24)40)15-33-14-17(2)7-10-22(33)27(31,5)36/h7-8,14,19,23-28,38,40-44H,6,9-13,15-18H2,1-5H3;6,17,19-24,34,36-40H,7-16H2,1-5H3/b;18-6-/t19-,23-,24-,25-,26-,27-,28-,30-,31+,32+,33+,34+,35-,36?;17-,19-,20-,21-,22-,23-,24-,26-,27+,28+,29+,30?,31-,32-/m00/s1. The lowest BCUT2D eigenvalue weighted by molar-refractivity contribution is -0.354. The molecule has 0 amide bonds. The van der Waals surface area contributed by atoms with Crippen molar-refractivity contribution in [2.75, 3.05) is 40.4 Å². The van der Waals surface area contributed by atoms with Crippen LogP contribution in [0, 0.1) is 58.2 Å².